The SMILES string of the molecule is O=C1Nc2ccc(S(=O)(=O)Nc3ccccc3)cc2C1=C(Nc1ccccc1)c1ccccc1. The Labute approximate surface area is 198 Å². The minimum atomic E-state index is -3.86. The fraction of sp³-hybridized carbons (Fsp3) is 0. The second-order valence-corrected chi connectivity index (χ2v) is 9.42. The van der Waals surface area contributed by atoms with Crippen molar-refractivity contribution in [3.8, 4) is 0 Å². The van der Waals surface area contributed by atoms with Crippen molar-refractivity contribution in [2.75, 3.05) is 15.4 Å². The predicted octanol–water partition coefficient (Wildman–Crippen LogP) is 5.42. The minimum Gasteiger partial charge on any atom is -0.354 e. The molecule has 0 atom stereocenters. The van der Waals surface area contributed by atoms with Gasteiger partial charge >= 0.3 is 0 Å². The van der Waals surface area contributed by atoms with Gasteiger partial charge in [0.05, 0.1) is 16.2 Å². The van der Waals surface area contributed by atoms with Gasteiger partial charge in [0.2, 0.25) is 0 Å². The standard InChI is InChI=1S/C27H21N3O3S/c31-27-25(26(19-10-4-1-5-11-19)28-20-12-6-2-7-13-20)23-18-22(16-17-24(23)29-27)34(32,33)30-21-14-8-3-9-15-21/h1-18,28,30H,(H,29,31). The van der Waals surface area contributed by atoms with Crippen LogP contribution in [0.4, 0.5) is 17.1 Å². The molecule has 6 nitrogen and oxygen atoms in total. The van der Waals surface area contributed by atoms with E-state index < -0.39 is 10.0 Å². The molecule has 0 saturated carbocycles. The Morgan fingerprint density at radius 2 is 1.29 bits per heavy atom. The largest absolute Gasteiger partial charge is 0.354 e. The van der Waals surface area contributed by atoms with Gasteiger partial charge in [-0.15, -0.1) is 0 Å². The number of hydrogen-bond donors (Lipinski definition) is 3. The zero-order valence-electron chi connectivity index (χ0n) is 18.0. The molecule has 1 aliphatic rings. The first-order valence-corrected chi connectivity index (χ1v) is 12.1. The van der Waals surface area contributed by atoms with Gasteiger partial charge in [-0.25, -0.2) is 8.42 Å². The number of para-hydroxylation sites is 2. The molecule has 0 spiro atoms. The molecule has 0 aliphatic carbocycles. The third-order valence-electron chi connectivity index (χ3n) is 5.43. The van der Waals surface area contributed by atoms with Crippen LogP contribution in [0.5, 0.6) is 0 Å². The highest BCUT2D eigenvalue weighted by Gasteiger charge is 2.30. The smallest absolute Gasteiger partial charge is 0.261 e. The van der Waals surface area contributed by atoms with E-state index >= 15 is 0 Å². The summed E-state index contributed by atoms with van der Waals surface area (Å²) in [6.07, 6.45) is 0. The van der Waals surface area contributed by atoms with Crippen molar-refractivity contribution in [3.63, 3.8) is 0 Å². The fourth-order valence-electron chi connectivity index (χ4n) is 3.83. The number of anilines is 3. The van der Waals surface area contributed by atoms with E-state index in [2.05, 4.69) is 15.4 Å². The number of sulfonamides is 1. The van der Waals surface area contributed by atoms with Crippen LogP contribution in [0.1, 0.15) is 11.1 Å². The molecule has 1 heterocycles. The summed E-state index contributed by atoms with van der Waals surface area (Å²) in [5.41, 5.74) is 4.12. The maximum absolute atomic E-state index is 13.1. The van der Waals surface area contributed by atoms with Crippen molar-refractivity contribution in [2.24, 2.45) is 0 Å². The van der Waals surface area contributed by atoms with Crippen molar-refractivity contribution >= 4 is 44.3 Å². The lowest BCUT2D eigenvalue weighted by Crippen LogP contribution is -2.13. The van der Waals surface area contributed by atoms with Gasteiger partial charge in [0.25, 0.3) is 15.9 Å². The molecule has 0 radical (unpaired) electrons. The van der Waals surface area contributed by atoms with E-state index in [-0.39, 0.29) is 10.8 Å². The van der Waals surface area contributed by atoms with Gasteiger partial charge in [-0.2, -0.15) is 0 Å². The molecule has 0 aromatic heterocycles. The average molecular weight is 468 g/mol. The fourth-order valence-corrected chi connectivity index (χ4v) is 4.92. The van der Waals surface area contributed by atoms with Gasteiger partial charge in [0.1, 0.15) is 0 Å². The molecule has 7 heteroatoms. The van der Waals surface area contributed by atoms with Crippen LogP contribution < -0.4 is 15.4 Å². The Morgan fingerprint density at radius 1 is 0.706 bits per heavy atom. The van der Waals surface area contributed by atoms with E-state index in [1.807, 2.05) is 66.7 Å². The number of fused-ring (bicyclic) bond motifs is 1. The van der Waals surface area contributed by atoms with E-state index in [0.29, 0.717) is 28.2 Å². The Morgan fingerprint density at radius 3 is 1.94 bits per heavy atom. The molecule has 0 saturated heterocycles. The second kappa shape index (κ2) is 8.88. The molecule has 3 N–H and O–H groups in total. The number of amides is 1. The summed E-state index contributed by atoms with van der Waals surface area (Å²) in [7, 11) is -3.86. The third kappa shape index (κ3) is 4.29. The lowest BCUT2D eigenvalue weighted by Gasteiger charge is -2.15. The van der Waals surface area contributed by atoms with E-state index in [1.165, 1.54) is 12.1 Å². The summed E-state index contributed by atoms with van der Waals surface area (Å²) in [4.78, 5) is 13.2. The number of rotatable bonds is 6. The van der Waals surface area contributed by atoms with Crippen molar-refractivity contribution in [1.29, 1.82) is 0 Å². The minimum absolute atomic E-state index is 0.0659. The summed E-state index contributed by atoms with van der Waals surface area (Å²) in [5.74, 6) is -0.303. The highest BCUT2D eigenvalue weighted by Crippen LogP contribution is 2.39. The Bertz CT molecular complexity index is 1480. The molecule has 1 aliphatic heterocycles. The van der Waals surface area contributed by atoms with Gasteiger partial charge in [-0.3, -0.25) is 9.52 Å². The predicted molar refractivity (Wildman–Crippen MR) is 136 cm³/mol. The van der Waals surface area contributed by atoms with Crippen molar-refractivity contribution < 1.29 is 13.2 Å². The first-order valence-electron chi connectivity index (χ1n) is 10.7. The molecular formula is C27H21N3O3S. The maximum atomic E-state index is 13.1. The Kier molecular flexibility index (Phi) is 5.61. The number of carbonyl (C=O) groups excluding carboxylic acids is 1. The van der Waals surface area contributed by atoms with Crippen LogP contribution in [0.3, 0.4) is 0 Å². The zero-order valence-corrected chi connectivity index (χ0v) is 18.8. The number of carbonyl (C=O) groups is 1. The van der Waals surface area contributed by atoms with E-state index in [0.717, 1.165) is 11.3 Å². The Hall–Kier alpha value is -4.36. The van der Waals surface area contributed by atoms with E-state index in [4.69, 9.17) is 0 Å². The van der Waals surface area contributed by atoms with Crippen LogP contribution in [-0.4, -0.2) is 14.3 Å². The first kappa shape index (κ1) is 21.5. The van der Waals surface area contributed by atoms with Gasteiger partial charge in [-0.1, -0.05) is 66.7 Å². The Balaban J connectivity index is 1.63. The third-order valence-corrected chi connectivity index (χ3v) is 6.81. The number of nitrogens with one attached hydrogen (secondary N) is 3. The molecule has 0 fully saturated rings. The lowest BCUT2D eigenvalue weighted by molar-refractivity contribution is -0.110. The van der Waals surface area contributed by atoms with Crippen molar-refractivity contribution in [1.82, 2.24) is 0 Å². The molecule has 168 valence electrons. The molecule has 0 bridgehead atoms. The lowest BCUT2D eigenvalue weighted by atomic mass is 10.00. The normalized spacial score (nSPS) is 14.2. The maximum Gasteiger partial charge on any atom is 0.261 e. The highest BCUT2D eigenvalue weighted by molar-refractivity contribution is 7.92. The molecule has 34 heavy (non-hydrogen) atoms. The molecular weight excluding hydrogens is 446 g/mol. The average Bonchev–Trinajstić information content (AvgIpc) is 3.19. The van der Waals surface area contributed by atoms with Crippen LogP contribution in [0.2, 0.25) is 0 Å². The quantitative estimate of drug-likeness (QED) is 0.331. The van der Waals surface area contributed by atoms with E-state index in [9.17, 15) is 13.2 Å². The second-order valence-electron chi connectivity index (χ2n) is 7.74. The van der Waals surface area contributed by atoms with Gasteiger partial charge < -0.3 is 10.6 Å². The van der Waals surface area contributed by atoms with Crippen LogP contribution in [0, 0.1) is 0 Å². The van der Waals surface area contributed by atoms with Crippen molar-refractivity contribution in [3.05, 3.63) is 120 Å². The van der Waals surface area contributed by atoms with Crippen LogP contribution in [-0.2, 0) is 14.8 Å². The molecule has 4 aromatic carbocycles. The van der Waals surface area contributed by atoms with E-state index in [1.54, 1.807) is 30.3 Å². The van der Waals surface area contributed by atoms with Crippen LogP contribution >= 0.6 is 0 Å². The molecule has 1 amide bonds. The van der Waals surface area contributed by atoms with Gasteiger partial charge in [-0.05, 0) is 48.0 Å². The molecule has 0 unspecified atom stereocenters. The highest BCUT2D eigenvalue weighted by atomic mass is 32.2. The van der Waals surface area contributed by atoms with Crippen molar-refractivity contribution in [2.45, 2.75) is 4.90 Å². The topological polar surface area (TPSA) is 87.3 Å². The van der Waals surface area contributed by atoms with Gasteiger partial charge in [0.15, 0.2) is 0 Å². The zero-order chi connectivity index (χ0) is 23.5. The monoisotopic (exact) mass is 467 g/mol. The summed E-state index contributed by atoms with van der Waals surface area (Å²) in [6.45, 7) is 0. The van der Waals surface area contributed by atoms with Gasteiger partial charge in [0, 0.05) is 22.6 Å². The molecule has 5 rings (SSSR count). The first-order chi connectivity index (χ1) is 16.5. The number of hydrogen-bond acceptors (Lipinski definition) is 4. The summed E-state index contributed by atoms with van der Waals surface area (Å²) in [5, 5.41) is 6.22. The summed E-state index contributed by atoms with van der Waals surface area (Å²) in [6, 6.07) is 32.3. The molecule has 4 aromatic rings. The summed E-state index contributed by atoms with van der Waals surface area (Å²) >= 11 is 0. The van der Waals surface area contributed by atoms with Crippen LogP contribution in [0.15, 0.2) is 114 Å². The van der Waals surface area contributed by atoms with Crippen LogP contribution in [0.25, 0.3) is 11.3 Å². The summed E-state index contributed by atoms with van der Waals surface area (Å²) < 4.78 is 28.7. The number of benzene rings is 4.